The molecule has 0 saturated carbocycles. The van der Waals surface area contributed by atoms with Crippen molar-refractivity contribution in [3.63, 3.8) is 0 Å². The molecular formula is C16H19N3O3. The zero-order valence-corrected chi connectivity index (χ0v) is 12.8. The summed E-state index contributed by atoms with van der Waals surface area (Å²) in [6.45, 7) is 3.60. The zero-order chi connectivity index (χ0) is 15.9. The van der Waals surface area contributed by atoms with Crippen molar-refractivity contribution in [1.82, 2.24) is 5.43 Å². The van der Waals surface area contributed by atoms with Crippen LogP contribution in [0, 0.1) is 6.92 Å². The van der Waals surface area contributed by atoms with E-state index < -0.39 is 6.04 Å². The highest BCUT2D eigenvalue weighted by Crippen LogP contribution is 2.15. The average Bonchev–Trinajstić information content (AvgIpc) is 2.93. The second-order valence-electron chi connectivity index (χ2n) is 4.78. The summed E-state index contributed by atoms with van der Waals surface area (Å²) in [5.41, 5.74) is 3.29. The van der Waals surface area contributed by atoms with Gasteiger partial charge in [-0.25, -0.2) is 5.43 Å². The summed E-state index contributed by atoms with van der Waals surface area (Å²) >= 11 is 0. The number of ether oxygens (including phenoxy) is 1. The fourth-order valence-corrected chi connectivity index (χ4v) is 1.78. The highest BCUT2D eigenvalue weighted by Gasteiger charge is 2.11. The Labute approximate surface area is 129 Å². The van der Waals surface area contributed by atoms with E-state index in [9.17, 15) is 4.79 Å². The van der Waals surface area contributed by atoms with Gasteiger partial charge in [-0.1, -0.05) is 0 Å². The number of anilines is 1. The third-order valence-electron chi connectivity index (χ3n) is 2.99. The monoisotopic (exact) mass is 301 g/mol. The molecule has 6 nitrogen and oxygen atoms in total. The Hall–Kier alpha value is -2.76. The first kappa shape index (κ1) is 15.6. The summed E-state index contributed by atoms with van der Waals surface area (Å²) < 4.78 is 10.4. The van der Waals surface area contributed by atoms with Gasteiger partial charge in [0.25, 0.3) is 5.91 Å². The van der Waals surface area contributed by atoms with E-state index >= 15 is 0 Å². The molecule has 0 bridgehead atoms. The predicted octanol–water partition coefficient (Wildman–Crippen LogP) is 2.55. The third-order valence-corrected chi connectivity index (χ3v) is 2.99. The summed E-state index contributed by atoms with van der Waals surface area (Å²) in [5, 5.41) is 6.95. The minimum absolute atomic E-state index is 0.240. The van der Waals surface area contributed by atoms with E-state index in [2.05, 4.69) is 15.8 Å². The van der Waals surface area contributed by atoms with Crippen molar-refractivity contribution >= 4 is 17.8 Å². The summed E-state index contributed by atoms with van der Waals surface area (Å²) in [6, 6.07) is 10.5. The number of nitrogens with zero attached hydrogens (tertiary/aromatic N) is 1. The second kappa shape index (κ2) is 7.31. The van der Waals surface area contributed by atoms with E-state index in [1.165, 1.54) is 6.21 Å². The van der Waals surface area contributed by atoms with E-state index in [-0.39, 0.29) is 5.91 Å². The Morgan fingerprint density at radius 3 is 2.59 bits per heavy atom. The first-order chi connectivity index (χ1) is 10.6. The van der Waals surface area contributed by atoms with Gasteiger partial charge in [0.05, 0.1) is 13.3 Å². The van der Waals surface area contributed by atoms with Gasteiger partial charge >= 0.3 is 0 Å². The van der Waals surface area contributed by atoms with Gasteiger partial charge in [-0.2, -0.15) is 5.10 Å². The zero-order valence-electron chi connectivity index (χ0n) is 12.8. The summed E-state index contributed by atoms with van der Waals surface area (Å²) in [5.74, 6) is 1.91. The first-order valence-electron chi connectivity index (χ1n) is 6.88. The van der Waals surface area contributed by atoms with Crippen LogP contribution < -0.4 is 15.5 Å². The van der Waals surface area contributed by atoms with Crippen molar-refractivity contribution in [2.45, 2.75) is 19.9 Å². The van der Waals surface area contributed by atoms with E-state index in [0.29, 0.717) is 5.76 Å². The molecule has 1 aromatic heterocycles. The van der Waals surface area contributed by atoms with E-state index in [4.69, 9.17) is 9.15 Å². The van der Waals surface area contributed by atoms with Gasteiger partial charge in [0.1, 0.15) is 23.3 Å². The molecule has 2 N–H and O–H groups in total. The Morgan fingerprint density at radius 1 is 1.27 bits per heavy atom. The maximum absolute atomic E-state index is 11.9. The number of carbonyl (C=O) groups is 1. The van der Waals surface area contributed by atoms with Crippen LogP contribution in [0.5, 0.6) is 5.75 Å². The smallest absolute Gasteiger partial charge is 0.262 e. The van der Waals surface area contributed by atoms with Crippen LogP contribution in [-0.4, -0.2) is 25.3 Å². The second-order valence-corrected chi connectivity index (χ2v) is 4.78. The van der Waals surface area contributed by atoms with Crippen molar-refractivity contribution in [3.8, 4) is 5.75 Å². The van der Waals surface area contributed by atoms with E-state index in [1.54, 1.807) is 20.1 Å². The molecule has 0 saturated heterocycles. The minimum Gasteiger partial charge on any atom is -0.497 e. The van der Waals surface area contributed by atoms with Gasteiger partial charge in [0.2, 0.25) is 0 Å². The van der Waals surface area contributed by atoms with Crippen molar-refractivity contribution in [2.24, 2.45) is 5.10 Å². The number of rotatable bonds is 6. The van der Waals surface area contributed by atoms with Gasteiger partial charge in [-0.15, -0.1) is 0 Å². The molecule has 22 heavy (non-hydrogen) atoms. The van der Waals surface area contributed by atoms with Gasteiger partial charge in [0.15, 0.2) is 0 Å². The molecule has 0 aliphatic carbocycles. The molecule has 2 aromatic rings. The topological polar surface area (TPSA) is 75.9 Å². The molecule has 2 rings (SSSR count). The number of hydrogen-bond donors (Lipinski definition) is 2. The lowest BCUT2D eigenvalue weighted by molar-refractivity contribution is -0.121. The SMILES string of the molecule is COc1ccc(N[C@H](C)C(=O)N/N=C\c2ccc(C)o2)cc1. The number of benzene rings is 1. The van der Waals surface area contributed by atoms with Gasteiger partial charge in [-0.3, -0.25) is 4.79 Å². The Morgan fingerprint density at radius 2 is 2.00 bits per heavy atom. The largest absolute Gasteiger partial charge is 0.497 e. The first-order valence-corrected chi connectivity index (χ1v) is 6.88. The summed E-state index contributed by atoms with van der Waals surface area (Å²) in [4.78, 5) is 11.9. The lowest BCUT2D eigenvalue weighted by Crippen LogP contribution is -2.34. The lowest BCUT2D eigenvalue weighted by atomic mass is 10.2. The molecule has 0 radical (unpaired) electrons. The van der Waals surface area contributed by atoms with Crippen molar-refractivity contribution in [3.05, 3.63) is 47.9 Å². The molecule has 1 aromatic carbocycles. The summed E-state index contributed by atoms with van der Waals surface area (Å²) in [7, 11) is 1.61. The highest BCUT2D eigenvalue weighted by atomic mass is 16.5. The molecule has 6 heteroatoms. The average molecular weight is 301 g/mol. The molecule has 0 unspecified atom stereocenters. The number of amides is 1. The molecule has 0 fully saturated rings. The van der Waals surface area contributed by atoms with Gasteiger partial charge in [0, 0.05) is 5.69 Å². The van der Waals surface area contributed by atoms with Crippen LogP contribution in [0.2, 0.25) is 0 Å². The number of methoxy groups -OCH3 is 1. The fourth-order valence-electron chi connectivity index (χ4n) is 1.78. The molecule has 0 spiro atoms. The number of aryl methyl sites for hydroxylation is 1. The fraction of sp³-hybridized carbons (Fsp3) is 0.250. The third kappa shape index (κ3) is 4.37. The number of hydrogen-bond acceptors (Lipinski definition) is 5. The Kier molecular flexibility index (Phi) is 5.19. The van der Waals surface area contributed by atoms with Crippen LogP contribution in [0.3, 0.4) is 0 Å². The van der Waals surface area contributed by atoms with Crippen LogP contribution in [0.1, 0.15) is 18.4 Å². The molecular weight excluding hydrogens is 282 g/mol. The minimum atomic E-state index is -0.427. The Bertz CT molecular complexity index is 647. The number of hydrazone groups is 1. The van der Waals surface area contributed by atoms with Crippen LogP contribution >= 0.6 is 0 Å². The predicted molar refractivity (Wildman–Crippen MR) is 85.3 cm³/mol. The van der Waals surface area contributed by atoms with Crippen molar-refractivity contribution in [1.29, 1.82) is 0 Å². The molecule has 0 aliphatic heterocycles. The quantitative estimate of drug-likeness (QED) is 0.635. The molecule has 0 aliphatic rings. The van der Waals surface area contributed by atoms with Crippen LogP contribution in [0.4, 0.5) is 5.69 Å². The Balaban J connectivity index is 1.84. The van der Waals surface area contributed by atoms with E-state index in [1.807, 2.05) is 37.3 Å². The number of nitrogens with one attached hydrogen (secondary N) is 2. The van der Waals surface area contributed by atoms with Gasteiger partial charge < -0.3 is 14.5 Å². The van der Waals surface area contributed by atoms with Crippen molar-refractivity contribution < 1.29 is 13.9 Å². The molecule has 1 atom stereocenters. The van der Waals surface area contributed by atoms with Crippen LogP contribution in [0.25, 0.3) is 0 Å². The van der Waals surface area contributed by atoms with E-state index in [0.717, 1.165) is 17.2 Å². The molecule has 116 valence electrons. The maximum atomic E-state index is 11.9. The number of carbonyl (C=O) groups excluding carboxylic acids is 1. The van der Waals surface area contributed by atoms with Crippen LogP contribution in [0.15, 0.2) is 45.9 Å². The molecule has 1 heterocycles. The molecule has 1 amide bonds. The summed E-state index contributed by atoms with van der Waals surface area (Å²) in [6.07, 6.45) is 1.46. The lowest BCUT2D eigenvalue weighted by Gasteiger charge is -2.13. The highest BCUT2D eigenvalue weighted by molar-refractivity contribution is 5.85. The standard InChI is InChI=1S/C16H19N3O3/c1-11-4-7-15(22-11)10-17-19-16(20)12(2)18-13-5-8-14(21-3)9-6-13/h4-10,12,18H,1-3H3,(H,19,20)/b17-10-/t12-/m1/s1. The van der Waals surface area contributed by atoms with Crippen molar-refractivity contribution in [2.75, 3.05) is 12.4 Å². The normalized spacial score (nSPS) is 12.1. The number of furan rings is 1. The van der Waals surface area contributed by atoms with Crippen LogP contribution in [-0.2, 0) is 4.79 Å². The maximum Gasteiger partial charge on any atom is 0.262 e. The van der Waals surface area contributed by atoms with Gasteiger partial charge in [-0.05, 0) is 50.2 Å².